The molecular weight excluding hydrogens is 404 g/mol. The average Bonchev–Trinajstić information content (AvgIpc) is 3.27. The second-order valence-electron chi connectivity index (χ2n) is 7.12. The summed E-state index contributed by atoms with van der Waals surface area (Å²) in [4.78, 5) is 16.9. The monoisotopic (exact) mass is 428 g/mol. The molecule has 1 amide bonds. The molecule has 1 heterocycles. The van der Waals surface area contributed by atoms with Gasteiger partial charge in [-0.2, -0.15) is 0 Å². The third-order valence-corrected chi connectivity index (χ3v) is 5.65. The third-order valence-electron chi connectivity index (χ3n) is 4.82. The summed E-state index contributed by atoms with van der Waals surface area (Å²) in [5.41, 5.74) is 4.03. The first kappa shape index (κ1) is 20.9. The maximum Gasteiger partial charge on any atom is 0.257 e. The summed E-state index contributed by atoms with van der Waals surface area (Å²) in [6.07, 6.45) is 1.87. The van der Waals surface area contributed by atoms with Gasteiger partial charge in [-0.25, -0.2) is 4.98 Å². The Hall–Kier alpha value is -3.31. The molecule has 0 saturated carbocycles. The molecule has 0 unspecified atom stereocenters. The van der Waals surface area contributed by atoms with E-state index in [1.165, 1.54) is 17.3 Å². The number of carbonyl (C=O) groups excluding carboxylic acids is 1. The summed E-state index contributed by atoms with van der Waals surface area (Å²) in [6, 6.07) is 30.2. The molecule has 0 fully saturated rings. The Morgan fingerprint density at radius 2 is 1.45 bits per heavy atom. The lowest BCUT2D eigenvalue weighted by Crippen LogP contribution is -2.26. The van der Waals surface area contributed by atoms with Crippen LogP contribution in [-0.2, 0) is 11.2 Å². The predicted octanol–water partition coefficient (Wildman–Crippen LogP) is 5.85. The van der Waals surface area contributed by atoms with E-state index in [1.807, 2.05) is 78.9 Å². The maximum absolute atomic E-state index is 12.3. The molecule has 0 atom stereocenters. The summed E-state index contributed by atoms with van der Waals surface area (Å²) in [7, 11) is 0. The van der Waals surface area contributed by atoms with E-state index in [0.29, 0.717) is 11.8 Å². The fourth-order valence-electron chi connectivity index (χ4n) is 3.28. The molecule has 4 rings (SSSR count). The summed E-state index contributed by atoms with van der Waals surface area (Å²) in [5, 5.41) is 3.48. The SMILES string of the molecule is O=C(CSc1nc(-c2ccccc2)c(-c2ccccc2)o1)NCCCc1ccccc1. The Balaban J connectivity index is 1.36. The normalized spacial score (nSPS) is 10.7. The van der Waals surface area contributed by atoms with Crippen molar-refractivity contribution >= 4 is 17.7 Å². The van der Waals surface area contributed by atoms with E-state index in [1.54, 1.807) is 0 Å². The number of hydrogen-bond donors (Lipinski definition) is 1. The standard InChI is InChI=1S/C26H24N2O2S/c29-23(27-18-10-13-20-11-4-1-5-12-20)19-31-26-28-24(21-14-6-2-7-15-21)25(30-26)22-16-8-3-9-17-22/h1-9,11-12,14-17H,10,13,18-19H2,(H,27,29). The zero-order valence-electron chi connectivity index (χ0n) is 17.2. The fourth-order valence-corrected chi connectivity index (χ4v) is 3.94. The van der Waals surface area contributed by atoms with Gasteiger partial charge in [0.1, 0.15) is 5.69 Å². The molecule has 3 aromatic carbocycles. The number of carbonyl (C=O) groups is 1. The maximum atomic E-state index is 12.3. The van der Waals surface area contributed by atoms with Crippen LogP contribution in [0.5, 0.6) is 0 Å². The van der Waals surface area contributed by atoms with Crippen molar-refractivity contribution in [1.29, 1.82) is 0 Å². The van der Waals surface area contributed by atoms with E-state index in [-0.39, 0.29) is 11.7 Å². The van der Waals surface area contributed by atoms with Crippen molar-refractivity contribution in [2.45, 2.75) is 18.1 Å². The molecular formula is C26H24N2O2S. The number of nitrogens with one attached hydrogen (secondary N) is 1. The predicted molar refractivity (Wildman–Crippen MR) is 126 cm³/mol. The first-order chi connectivity index (χ1) is 15.3. The van der Waals surface area contributed by atoms with Crippen LogP contribution in [0.25, 0.3) is 22.6 Å². The molecule has 0 aliphatic rings. The molecule has 156 valence electrons. The highest BCUT2D eigenvalue weighted by Crippen LogP contribution is 2.35. The molecule has 0 bridgehead atoms. The van der Waals surface area contributed by atoms with Crippen molar-refractivity contribution < 1.29 is 9.21 Å². The Kier molecular flexibility index (Phi) is 7.19. The molecule has 5 heteroatoms. The average molecular weight is 429 g/mol. The van der Waals surface area contributed by atoms with Gasteiger partial charge in [0.15, 0.2) is 5.76 Å². The first-order valence-electron chi connectivity index (χ1n) is 10.3. The number of thioether (sulfide) groups is 1. The lowest BCUT2D eigenvalue weighted by molar-refractivity contribution is -0.118. The molecule has 4 aromatic rings. The number of benzene rings is 3. The van der Waals surface area contributed by atoms with Gasteiger partial charge >= 0.3 is 0 Å². The Labute approximate surface area is 186 Å². The third kappa shape index (κ3) is 5.86. The zero-order valence-corrected chi connectivity index (χ0v) is 18.0. The van der Waals surface area contributed by atoms with E-state index in [2.05, 4.69) is 22.4 Å². The van der Waals surface area contributed by atoms with Crippen molar-refractivity contribution in [3.8, 4) is 22.6 Å². The molecule has 4 nitrogen and oxygen atoms in total. The zero-order chi connectivity index (χ0) is 21.3. The lowest BCUT2D eigenvalue weighted by Gasteiger charge is -2.04. The molecule has 31 heavy (non-hydrogen) atoms. The van der Waals surface area contributed by atoms with Crippen LogP contribution in [0.3, 0.4) is 0 Å². The number of oxazole rings is 1. The van der Waals surface area contributed by atoms with Crippen LogP contribution in [0, 0.1) is 0 Å². The quantitative estimate of drug-likeness (QED) is 0.268. The second kappa shape index (κ2) is 10.6. The van der Waals surface area contributed by atoms with Crippen molar-refractivity contribution in [2.24, 2.45) is 0 Å². The van der Waals surface area contributed by atoms with Crippen molar-refractivity contribution in [1.82, 2.24) is 10.3 Å². The summed E-state index contributed by atoms with van der Waals surface area (Å²) in [5.74, 6) is 0.977. The molecule has 1 N–H and O–H groups in total. The fraction of sp³-hybridized carbons (Fsp3) is 0.154. The first-order valence-corrected chi connectivity index (χ1v) is 11.3. The van der Waals surface area contributed by atoms with Crippen molar-refractivity contribution in [2.75, 3.05) is 12.3 Å². The number of aryl methyl sites for hydroxylation is 1. The van der Waals surface area contributed by atoms with Crippen LogP contribution in [0.2, 0.25) is 0 Å². The van der Waals surface area contributed by atoms with Gasteiger partial charge in [0.25, 0.3) is 5.22 Å². The van der Waals surface area contributed by atoms with Gasteiger partial charge in [0, 0.05) is 17.7 Å². The minimum Gasteiger partial charge on any atom is -0.431 e. The van der Waals surface area contributed by atoms with E-state index in [4.69, 9.17) is 4.42 Å². The van der Waals surface area contributed by atoms with Crippen LogP contribution in [0.4, 0.5) is 0 Å². The van der Waals surface area contributed by atoms with Crippen molar-refractivity contribution in [3.05, 3.63) is 96.6 Å². The lowest BCUT2D eigenvalue weighted by atomic mass is 10.1. The highest BCUT2D eigenvalue weighted by Gasteiger charge is 2.17. The van der Waals surface area contributed by atoms with Crippen LogP contribution < -0.4 is 5.32 Å². The molecule has 0 saturated heterocycles. The van der Waals surface area contributed by atoms with E-state index < -0.39 is 0 Å². The molecule has 0 aliphatic heterocycles. The number of nitrogens with zero attached hydrogens (tertiary/aromatic N) is 1. The van der Waals surface area contributed by atoms with Gasteiger partial charge in [-0.3, -0.25) is 4.79 Å². The topological polar surface area (TPSA) is 55.1 Å². The van der Waals surface area contributed by atoms with E-state index >= 15 is 0 Å². The number of rotatable bonds is 9. The minimum absolute atomic E-state index is 0.0150. The number of amides is 1. The smallest absolute Gasteiger partial charge is 0.257 e. The number of hydrogen-bond acceptors (Lipinski definition) is 4. The highest BCUT2D eigenvalue weighted by atomic mass is 32.2. The highest BCUT2D eigenvalue weighted by molar-refractivity contribution is 7.99. The second-order valence-corrected chi connectivity index (χ2v) is 8.04. The molecule has 1 aromatic heterocycles. The Bertz CT molecular complexity index is 1040. The summed E-state index contributed by atoms with van der Waals surface area (Å²) >= 11 is 1.32. The van der Waals surface area contributed by atoms with Crippen LogP contribution in [-0.4, -0.2) is 23.2 Å². The molecule has 0 aliphatic carbocycles. The van der Waals surface area contributed by atoms with Crippen LogP contribution in [0.15, 0.2) is 101 Å². The summed E-state index contributed by atoms with van der Waals surface area (Å²) < 4.78 is 6.06. The Morgan fingerprint density at radius 1 is 0.839 bits per heavy atom. The van der Waals surface area contributed by atoms with Gasteiger partial charge in [-0.05, 0) is 18.4 Å². The van der Waals surface area contributed by atoms with Gasteiger partial charge in [0.2, 0.25) is 5.91 Å². The van der Waals surface area contributed by atoms with Gasteiger partial charge < -0.3 is 9.73 Å². The van der Waals surface area contributed by atoms with E-state index in [9.17, 15) is 4.79 Å². The van der Waals surface area contributed by atoms with Gasteiger partial charge in [0.05, 0.1) is 5.75 Å². The summed E-state index contributed by atoms with van der Waals surface area (Å²) in [6.45, 7) is 0.657. The van der Waals surface area contributed by atoms with Crippen LogP contribution >= 0.6 is 11.8 Å². The minimum atomic E-state index is -0.0150. The Morgan fingerprint density at radius 3 is 2.13 bits per heavy atom. The van der Waals surface area contributed by atoms with Crippen molar-refractivity contribution in [3.63, 3.8) is 0 Å². The number of aromatic nitrogens is 1. The van der Waals surface area contributed by atoms with Gasteiger partial charge in [-0.15, -0.1) is 0 Å². The van der Waals surface area contributed by atoms with E-state index in [0.717, 1.165) is 35.4 Å². The van der Waals surface area contributed by atoms with Gasteiger partial charge in [-0.1, -0.05) is 103 Å². The molecule has 0 spiro atoms. The van der Waals surface area contributed by atoms with Crippen LogP contribution in [0.1, 0.15) is 12.0 Å². The molecule has 0 radical (unpaired) electrons. The largest absolute Gasteiger partial charge is 0.431 e.